The van der Waals surface area contributed by atoms with Crippen molar-refractivity contribution in [3.8, 4) is 0 Å². The number of aromatic nitrogens is 1. The van der Waals surface area contributed by atoms with Crippen molar-refractivity contribution in [2.75, 3.05) is 18.9 Å². The maximum Gasteiger partial charge on any atom is 0.255 e. The number of rotatable bonds is 2. The summed E-state index contributed by atoms with van der Waals surface area (Å²) in [4.78, 5) is 18.5. The number of likely N-dealkylation sites (tertiary alicyclic amines) is 1. The molecule has 1 aliphatic heterocycles. The Kier molecular flexibility index (Phi) is 2.90. The molecule has 3 rings (SSSR count). The van der Waals surface area contributed by atoms with Gasteiger partial charge in [-0.3, -0.25) is 4.79 Å². The van der Waals surface area contributed by atoms with E-state index in [1.165, 1.54) is 12.8 Å². The van der Waals surface area contributed by atoms with Crippen LogP contribution in [0.4, 0.5) is 5.82 Å². The van der Waals surface area contributed by atoms with Crippen LogP contribution in [0.2, 0.25) is 5.02 Å². The highest BCUT2D eigenvalue weighted by molar-refractivity contribution is 6.33. The van der Waals surface area contributed by atoms with Gasteiger partial charge in [-0.25, -0.2) is 4.98 Å². The molecule has 1 aromatic rings. The number of nitrogens with zero attached hydrogens (tertiary/aromatic N) is 2. The van der Waals surface area contributed by atoms with Gasteiger partial charge < -0.3 is 10.2 Å². The Bertz CT molecular complexity index is 491. The van der Waals surface area contributed by atoms with E-state index in [0.29, 0.717) is 28.4 Å². The van der Waals surface area contributed by atoms with E-state index < -0.39 is 0 Å². The molecule has 18 heavy (non-hydrogen) atoms. The molecule has 2 aliphatic rings. The second-order valence-corrected chi connectivity index (χ2v) is 5.50. The smallest absolute Gasteiger partial charge is 0.255 e. The standard InChI is InChI=1S/C13H16ClN3O/c1-15-12-11(14)5-9(6-16-12)13(18)17-7-8-2-3-10(17)4-8/h5-6,8,10H,2-4,7H2,1H3,(H,15,16). The minimum Gasteiger partial charge on any atom is -0.372 e. The Morgan fingerprint density at radius 2 is 2.39 bits per heavy atom. The normalized spacial score (nSPS) is 25.6. The average Bonchev–Trinajstić information content (AvgIpc) is 3.00. The van der Waals surface area contributed by atoms with Crippen LogP contribution in [0.15, 0.2) is 12.3 Å². The largest absolute Gasteiger partial charge is 0.372 e. The van der Waals surface area contributed by atoms with Crippen molar-refractivity contribution in [2.45, 2.75) is 25.3 Å². The molecule has 0 spiro atoms. The van der Waals surface area contributed by atoms with E-state index in [-0.39, 0.29) is 5.91 Å². The molecule has 2 fully saturated rings. The van der Waals surface area contributed by atoms with Gasteiger partial charge >= 0.3 is 0 Å². The van der Waals surface area contributed by atoms with Gasteiger partial charge in [0, 0.05) is 25.8 Å². The minimum atomic E-state index is 0.0688. The predicted octanol–water partition coefficient (Wildman–Crippen LogP) is 2.40. The van der Waals surface area contributed by atoms with Crippen LogP contribution in [0.25, 0.3) is 0 Å². The molecule has 2 unspecified atom stereocenters. The number of hydrogen-bond acceptors (Lipinski definition) is 3. The molecule has 1 aromatic heterocycles. The van der Waals surface area contributed by atoms with Crippen molar-refractivity contribution in [3.63, 3.8) is 0 Å². The number of carbonyl (C=O) groups is 1. The van der Waals surface area contributed by atoms with Crippen LogP contribution in [-0.2, 0) is 0 Å². The number of pyridine rings is 1. The monoisotopic (exact) mass is 265 g/mol. The molecular formula is C13H16ClN3O. The van der Waals surface area contributed by atoms with Gasteiger partial charge in [-0.1, -0.05) is 11.6 Å². The van der Waals surface area contributed by atoms with Gasteiger partial charge in [0.05, 0.1) is 10.6 Å². The van der Waals surface area contributed by atoms with Gasteiger partial charge in [-0.15, -0.1) is 0 Å². The van der Waals surface area contributed by atoms with E-state index in [0.717, 1.165) is 13.0 Å². The predicted molar refractivity (Wildman–Crippen MR) is 71.0 cm³/mol. The molecule has 96 valence electrons. The zero-order valence-corrected chi connectivity index (χ0v) is 11.1. The zero-order valence-electron chi connectivity index (χ0n) is 10.3. The highest BCUT2D eigenvalue weighted by Gasteiger charge is 2.40. The summed E-state index contributed by atoms with van der Waals surface area (Å²) >= 11 is 6.06. The fourth-order valence-electron chi connectivity index (χ4n) is 3.08. The minimum absolute atomic E-state index is 0.0688. The first-order valence-electron chi connectivity index (χ1n) is 6.33. The number of nitrogens with one attached hydrogen (secondary N) is 1. The van der Waals surface area contributed by atoms with Crippen LogP contribution in [0.3, 0.4) is 0 Å². The van der Waals surface area contributed by atoms with Crippen molar-refractivity contribution < 1.29 is 4.79 Å². The summed E-state index contributed by atoms with van der Waals surface area (Å²) in [5.41, 5.74) is 0.589. The molecule has 2 atom stereocenters. The fourth-order valence-corrected chi connectivity index (χ4v) is 3.34. The van der Waals surface area contributed by atoms with E-state index in [4.69, 9.17) is 11.6 Å². The fraction of sp³-hybridized carbons (Fsp3) is 0.538. The second kappa shape index (κ2) is 4.43. The molecule has 1 N–H and O–H groups in total. The Labute approximate surface area is 111 Å². The number of fused-ring (bicyclic) bond motifs is 2. The van der Waals surface area contributed by atoms with E-state index in [1.54, 1.807) is 19.3 Å². The maximum absolute atomic E-state index is 12.4. The van der Waals surface area contributed by atoms with E-state index in [2.05, 4.69) is 10.3 Å². The van der Waals surface area contributed by atoms with Gasteiger partial charge in [0.2, 0.25) is 0 Å². The van der Waals surface area contributed by atoms with Crippen LogP contribution in [0.1, 0.15) is 29.6 Å². The second-order valence-electron chi connectivity index (χ2n) is 5.09. The number of hydrogen-bond donors (Lipinski definition) is 1. The van der Waals surface area contributed by atoms with Gasteiger partial charge in [0.1, 0.15) is 5.82 Å². The quantitative estimate of drug-likeness (QED) is 0.893. The molecule has 2 bridgehead atoms. The first-order chi connectivity index (χ1) is 8.69. The number of piperidine rings is 1. The Morgan fingerprint density at radius 1 is 1.56 bits per heavy atom. The summed E-state index contributed by atoms with van der Waals surface area (Å²) in [7, 11) is 1.76. The van der Waals surface area contributed by atoms with Crippen LogP contribution in [-0.4, -0.2) is 35.4 Å². The van der Waals surface area contributed by atoms with Crippen molar-refractivity contribution in [1.82, 2.24) is 9.88 Å². The van der Waals surface area contributed by atoms with Crippen molar-refractivity contribution in [2.24, 2.45) is 5.92 Å². The first-order valence-corrected chi connectivity index (χ1v) is 6.71. The van der Waals surface area contributed by atoms with E-state index in [9.17, 15) is 4.79 Å². The van der Waals surface area contributed by atoms with Crippen LogP contribution < -0.4 is 5.32 Å². The van der Waals surface area contributed by atoms with Gasteiger partial charge in [-0.05, 0) is 31.2 Å². The highest BCUT2D eigenvalue weighted by Crippen LogP contribution is 2.38. The maximum atomic E-state index is 12.4. The number of halogens is 1. The third kappa shape index (κ3) is 1.85. The molecule has 1 saturated heterocycles. The molecule has 1 amide bonds. The van der Waals surface area contributed by atoms with Crippen molar-refractivity contribution in [3.05, 3.63) is 22.8 Å². The van der Waals surface area contributed by atoms with E-state index >= 15 is 0 Å². The van der Waals surface area contributed by atoms with E-state index in [1.807, 2.05) is 4.90 Å². The molecule has 2 heterocycles. The molecule has 0 radical (unpaired) electrons. The Morgan fingerprint density at radius 3 is 2.94 bits per heavy atom. The SMILES string of the molecule is CNc1ncc(C(=O)N2CC3CCC2C3)cc1Cl. The molecule has 4 nitrogen and oxygen atoms in total. The van der Waals surface area contributed by atoms with Crippen molar-refractivity contribution in [1.29, 1.82) is 0 Å². The summed E-state index contributed by atoms with van der Waals surface area (Å²) in [6.45, 7) is 0.898. The summed E-state index contributed by atoms with van der Waals surface area (Å²) in [6, 6.07) is 2.14. The van der Waals surface area contributed by atoms with Gasteiger partial charge in [-0.2, -0.15) is 0 Å². The number of anilines is 1. The lowest BCUT2D eigenvalue weighted by Gasteiger charge is -2.27. The number of carbonyl (C=O) groups excluding carboxylic acids is 1. The lowest BCUT2D eigenvalue weighted by Crippen LogP contribution is -2.37. The summed E-state index contributed by atoms with van der Waals surface area (Å²) in [5, 5.41) is 3.38. The third-order valence-corrected chi connectivity index (χ3v) is 4.28. The molecular weight excluding hydrogens is 250 g/mol. The van der Waals surface area contributed by atoms with Crippen molar-refractivity contribution >= 4 is 23.3 Å². The van der Waals surface area contributed by atoms with Gasteiger partial charge in [0.25, 0.3) is 5.91 Å². The number of amides is 1. The lowest BCUT2D eigenvalue weighted by molar-refractivity contribution is 0.0703. The Balaban J connectivity index is 1.82. The van der Waals surface area contributed by atoms with Crippen LogP contribution >= 0.6 is 11.6 Å². The third-order valence-electron chi connectivity index (χ3n) is 4.00. The first kappa shape index (κ1) is 11.8. The van der Waals surface area contributed by atoms with Gasteiger partial charge in [0.15, 0.2) is 0 Å². The average molecular weight is 266 g/mol. The topological polar surface area (TPSA) is 45.2 Å². The summed E-state index contributed by atoms with van der Waals surface area (Å²) in [5.74, 6) is 1.38. The van der Waals surface area contributed by atoms with Crippen LogP contribution in [0.5, 0.6) is 0 Å². The zero-order chi connectivity index (χ0) is 12.7. The molecule has 1 saturated carbocycles. The molecule has 1 aliphatic carbocycles. The highest BCUT2D eigenvalue weighted by atomic mass is 35.5. The molecule has 0 aromatic carbocycles. The lowest BCUT2D eigenvalue weighted by atomic mass is 10.1. The summed E-state index contributed by atoms with van der Waals surface area (Å²) < 4.78 is 0. The molecule has 5 heteroatoms. The Hall–Kier alpha value is -1.29. The summed E-state index contributed by atoms with van der Waals surface area (Å²) in [6.07, 6.45) is 5.19. The van der Waals surface area contributed by atoms with Crippen LogP contribution in [0, 0.1) is 5.92 Å².